The number of hydrogen-bond donors (Lipinski definition) is 1. The summed E-state index contributed by atoms with van der Waals surface area (Å²) in [5, 5.41) is 0. The zero-order valence-electron chi connectivity index (χ0n) is 14.7. The number of aryl methyl sites for hydroxylation is 1. The summed E-state index contributed by atoms with van der Waals surface area (Å²) in [5.74, 6) is 0.605. The highest BCUT2D eigenvalue weighted by Gasteiger charge is 2.14. The second-order valence-electron chi connectivity index (χ2n) is 6.27. The first-order valence-corrected chi connectivity index (χ1v) is 10.3. The van der Waals surface area contributed by atoms with Crippen LogP contribution in [0.25, 0.3) is 0 Å². The average Bonchev–Trinajstić information content (AvgIpc) is 2.59. The number of nitrogens with zero attached hydrogens (tertiary/aromatic N) is 1. The van der Waals surface area contributed by atoms with Gasteiger partial charge in [0.2, 0.25) is 10.0 Å². The maximum Gasteiger partial charge on any atom is 0.240 e. The van der Waals surface area contributed by atoms with E-state index in [0.29, 0.717) is 5.88 Å². The molecule has 0 heterocycles. The van der Waals surface area contributed by atoms with Crippen LogP contribution >= 0.6 is 11.6 Å². The molecule has 0 saturated carbocycles. The van der Waals surface area contributed by atoms with Crippen LogP contribution in [-0.4, -0.2) is 33.3 Å². The monoisotopic (exact) mass is 380 g/mol. The van der Waals surface area contributed by atoms with Crippen molar-refractivity contribution in [1.29, 1.82) is 0 Å². The molecule has 4 nitrogen and oxygen atoms in total. The van der Waals surface area contributed by atoms with Crippen molar-refractivity contribution in [3.63, 3.8) is 0 Å². The van der Waals surface area contributed by atoms with E-state index in [9.17, 15) is 8.42 Å². The van der Waals surface area contributed by atoms with E-state index in [1.165, 1.54) is 0 Å². The Labute approximate surface area is 155 Å². The summed E-state index contributed by atoms with van der Waals surface area (Å²) in [5.41, 5.74) is 3.20. The minimum Gasteiger partial charge on any atom is -0.305 e. The zero-order valence-corrected chi connectivity index (χ0v) is 16.3. The first kappa shape index (κ1) is 19.9. The van der Waals surface area contributed by atoms with Gasteiger partial charge in [-0.1, -0.05) is 36.4 Å². The van der Waals surface area contributed by atoms with Crippen LogP contribution in [0.3, 0.4) is 0 Å². The Morgan fingerprint density at radius 2 is 1.64 bits per heavy atom. The van der Waals surface area contributed by atoms with Crippen LogP contribution in [0.1, 0.15) is 23.1 Å². The molecule has 136 valence electrons. The number of hydrogen-bond acceptors (Lipinski definition) is 3. The van der Waals surface area contributed by atoms with Crippen molar-refractivity contribution in [2.24, 2.45) is 0 Å². The SMILES string of the molecule is CN(C)Cc1ccccc1CNS(=O)(=O)c1ccc(CCCCl)cc1. The topological polar surface area (TPSA) is 49.4 Å². The molecule has 0 saturated heterocycles. The van der Waals surface area contributed by atoms with Crippen LogP contribution in [0.4, 0.5) is 0 Å². The molecule has 6 heteroatoms. The molecule has 0 aliphatic heterocycles. The second kappa shape index (κ2) is 9.34. The van der Waals surface area contributed by atoms with E-state index in [-0.39, 0.29) is 11.4 Å². The molecule has 0 bridgehead atoms. The summed E-state index contributed by atoms with van der Waals surface area (Å²) in [7, 11) is 0.455. The fourth-order valence-corrected chi connectivity index (χ4v) is 3.73. The van der Waals surface area contributed by atoms with Crippen LogP contribution in [-0.2, 0) is 29.5 Å². The first-order chi connectivity index (χ1) is 11.9. The Balaban J connectivity index is 2.07. The number of alkyl halides is 1. The lowest BCUT2D eigenvalue weighted by Gasteiger charge is -2.15. The van der Waals surface area contributed by atoms with Gasteiger partial charge >= 0.3 is 0 Å². The molecule has 0 unspecified atom stereocenters. The van der Waals surface area contributed by atoms with Crippen LogP contribution in [0.15, 0.2) is 53.4 Å². The van der Waals surface area contributed by atoms with Gasteiger partial charge in [-0.05, 0) is 55.8 Å². The lowest BCUT2D eigenvalue weighted by atomic mass is 10.1. The molecule has 0 atom stereocenters. The quantitative estimate of drug-likeness (QED) is 0.678. The van der Waals surface area contributed by atoms with Gasteiger partial charge in [0.1, 0.15) is 0 Å². The minimum atomic E-state index is -3.53. The fourth-order valence-electron chi connectivity index (χ4n) is 2.59. The summed E-state index contributed by atoms with van der Waals surface area (Å²) in [6.07, 6.45) is 1.74. The minimum absolute atomic E-state index is 0.278. The second-order valence-corrected chi connectivity index (χ2v) is 8.41. The van der Waals surface area contributed by atoms with Gasteiger partial charge in [0.05, 0.1) is 4.90 Å². The summed E-state index contributed by atoms with van der Waals surface area (Å²) < 4.78 is 27.7. The van der Waals surface area contributed by atoms with Gasteiger partial charge in [-0.25, -0.2) is 13.1 Å². The standard InChI is InChI=1S/C19H25ClN2O2S/c1-22(2)15-18-8-4-3-7-17(18)14-21-25(23,24)19-11-9-16(10-12-19)6-5-13-20/h3-4,7-12,21H,5-6,13-15H2,1-2H3. The van der Waals surface area contributed by atoms with Gasteiger partial charge in [0.25, 0.3) is 0 Å². The third-order valence-corrected chi connectivity index (χ3v) is 5.57. The van der Waals surface area contributed by atoms with Gasteiger partial charge < -0.3 is 4.90 Å². The van der Waals surface area contributed by atoms with Crippen LogP contribution in [0.5, 0.6) is 0 Å². The third kappa shape index (κ3) is 6.12. The van der Waals surface area contributed by atoms with Crippen molar-refractivity contribution in [2.45, 2.75) is 30.8 Å². The highest BCUT2D eigenvalue weighted by Crippen LogP contribution is 2.15. The van der Waals surface area contributed by atoms with Crippen molar-refractivity contribution >= 4 is 21.6 Å². The van der Waals surface area contributed by atoms with Gasteiger partial charge in [0.15, 0.2) is 0 Å². The molecule has 2 aromatic rings. The van der Waals surface area contributed by atoms with Crippen LogP contribution in [0.2, 0.25) is 0 Å². The summed E-state index contributed by atoms with van der Waals surface area (Å²) in [4.78, 5) is 2.35. The van der Waals surface area contributed by atoms with E-state index < -0.39 is 10.0 Å². The lowest BCUT2D eigenvalue weighted by molar-refractivity contribution is 0.400. The lowest BCUT2D eigenvalue weighted by Crippen LogP contribution is -2.24. The van der Waals surface area contributed by atoms with E-state index >= 15 is 0 Å². The Morgan fingerprint density at radius 3 is 2.24 bits per heavy atom. The van der Waals surface area contributed by atoms with E-state index in [1.807, 2.05) is 50.5 Å². The summed E-state index contributed by atoms with van der Waals surface area (Å²) >= 11 is 5.69. The Hall–Kier alpha value is -1.40. The highest BCUT2D eigenvalue weighted by atomic mass is 35.5. The van der Waals surface area contributed by atoms with Gasteiger partial charge in [-0.2, -0.15) is 0 Å². The van der Waals surface area contributed by atoms with E-state index in [1.54, 1.807) is 12.1 Å². The average molecular weight is 381 g/mol. The van der Waals surface area contributed by atoms with Crippen LogP contribution in [0, 0.1) is 0 Å². The molecule has 0 aromatic heterocycles. The van der Waals surface area contributed by atoms with Crippen molar-refractivity contribution in [1.82, 2.24) is 9.62 Å². The third-order valence-electron chi connectivity index (χ3n) is 3.89. The Morgan fingerprint density at radius 1 is 1.00 bits per heavy atom. The fraction of sp³-hybridized carbons (Fsp3) is 0.368. The number of halogens is 1. The molecule has 0 fully saturated rings. The molecule has 2 aromatic carbocycles. The largest absolute Gasteiger partial charge is 0.305 e. The summed E-state index contributed by atoms with van der Waals surface area (Å²) in [6.45, 7) is 1.05. The number of rotatable bonds is 9. The predicted molar refractivity (Wildman–Crippen MR) is 103 cm³/mol. The van der Waals surface area contributed by atoms with E-state index in [2.05, 4.69) is 9.62 Å². The number of benzene rings is 2. The smallest absolute Gasteiger partial charge is 0.240 e. The molecule has 0 radical (unpaired) electrons. The molecular weight excluding hydrogens is 356 g/mol. The normalized spacial score (nSPS) is 11.8. The van der Waals surface area contributed by atoms with E-state index in [4.69, 9.17) is 11.6 Å². The molecule has 0 aliphatic carbocycles. The Kier molecular flexibility index (Phi) is 7.44. The predicted octanol–water partition coefficient (Wildman–Crippen LogP) is 3.40. The molecule has 2 rings (SSSR count). The molecule has 0 amide bonds. The number of sulfonamides is 1. The Bertz CT molecular complexity index is 774. The molecule has 1 N–H and O–H groups in total. The van der Waals surface area contributed by atoms with Gasteiger partial charge in [-0.15, -0.1) is 11.6 Å². The van der Waals surface area contributed by atoms with Gasteiger partial charge in [-0.3, -0.25) is 0 Å². The first-order valence-electron chi connectivity index (χ1n) is 8.28. The summed E-state index contributed by atoms with van der Waals surface area (Å²) in [6, 6.07) is 14.9. The molecular formula is C19H25ClN2O2S. The van der Waals surface area contributed by atoms with Crippen molar-refractivity contribution in [2.75, 3.05) is 20.0 Å². The maximum atomic E-state index is 12.5. The molecule has 25 heavy (non-hydrogen) atoms. The van der Waals surface area contributed by atoms with E-state index in [0.717, 1.165) is 36.1 Å². The van der Waals surface area contributed by atoms with Crippen molar-refractivity contribution in [3.8, 4) is 0 Å². The van der Waals surface area contributed by atoms with Crippen molar-refractivity contribution in [3.05, 3.63) is 65.2 Å². The van der Waals surface area contributed by atoms with Gasteiger partial charge in [0, 0.05) is 19.0 Å². The van der Waals surface area contributed by atoms with Crippen LogP contribution < -0.4 is 4.72 Å². The molecule has 0 spiro atoms. The maximum absolute atomic E-state index is 12.5. The molecule has 0 aliphatic rings. The zero-order chi connectivity index (χ0) is 18.3. The number of nitrogens with one attached hydrogen (secondary N) is 1. The van der Waals surface area contributed by atoms with Crippen molar-refractivity contribution < 1.29 is 8.42 Å². The highest BCUT2D eigenvalue weighted by molar-refractivity contribution is 7.89.